The molecule has 104 valence electrons. The standard InChI is InChI=1S/C12H13N5O3/c1-19-8-3-7(4-9(5-8)20-2)15-12-14-6-10(17-18)11(13)16-12/h3-6H,1-2H3,(H3,13,14,15,16). The van der Waals surface area contributed by atoms with E-state index in [4.69, 9.17) is 15.2 Å². The Balaban J connectivity index is 2.29. The third-order valence-corrected chi connectivity index (χ3v) is 2.50. The molecule has 0 aliphatic carbocycles. The highest BCUT2D eigenvalue weighted by Crippen LogP contribution is 2.28. The maximum atomic E-state index is 10.4. The summed E-state index contributed by atoms with van der Waals surface area (Å²) in [6, 6.07) is 5.22. The highest BCUT2D eigenvalue weighted by atomic mass is 16.5. The van der Waals surface area contributed by atoms with Crippen LogP contribution >= 0.6 is 0 Å². The second-order valence-corrected chi connectivity index (χ2v) is 3.78. The van der Waals surface area contributed by atoms with Crippen LogP contribution in [0, 0.1) is 4.91 Å². The van der Waals surface area contributed by atoms with E-state index in [0.29, 0.717) is 17.2 Å². The third-order valence-electron chi connectivity index (χ3n) is 2.50. The van der Waals surface area contributed by atoms with Crippen molar-refractivity contribution in [2.75, 3.05) is 25.3 Å². The number of anilines is 3. The number of methoxy groups -OCH3 is 2. The predicted octanol–water partition coefficient (Wildman–Crippen LogP) is 2.22. The van der Waals surface area contributed by atoms with Crippen LogP contribution in [0.3, 0.4) is 0 Å². The molecule has 0 unspecified atom stereocenters. The lowest BCUT2D eigenvalue weighted by Crippen LogP contribution is -2.00. The molecule has 0 aliphatic rings. The fraction of sp³-hybridized carbons (Fsp3) is 0.167. The number of nitrogens with two attached hydrogens (primary N) is 1. The molecule has 0 saturated carbocycles. The summed E-state index contributed by atoms with van der Waals surface area (Å²) in [6.45, 7) is 0. The minimum atomic E-state index is -0.00114. The van der Waals surface area contributed by atoms with Gasteiger partial charge in [-0.1, -0.05) is 0 Å². The molecule has 0 spiro atoms. The van der Waals surface area contributed by atoms with Crippen molar-refractivity contribution in [3.05, 3.63) is 29.3 Å². The van der Waals surface area contributed by atoms with Crippen LogP contribution in [-0.4, -0.2) is 24.2 Å². The molecule has 3 N–H and O–H groups in total. The number of ether oxygens (including phenoxy) is 2. The third kappa shape index (κ3) is 2.91. The van der Waals surface area contributed by atoms with E-state index in [9.17, 15) is 4.91 Å². The Morgan fingerprint density at radius 2 is 1.85 bits per heavy atom. The fourth-order valence-electron chi connectivity index (χ4n) is 1.53. The van der Waals surface area contributed by atoms with E-state index in [-0.39, 0.29) is 17.5 Å². The highest BCUT2D eigenvalue weighted by Gasteiger charge is 2.07. The molecule has 0 radical (unpaired) electrons. The van der Waals surface area contributed by atoms with Crippen molar-refractivity contribution in [1.82, 2.24) is 9.97 Å². The minimum absolute atomic E-state index is 0.00114. The molecular weight excluding hydrogens is 262 g/mol. The van der Waals surface area contributed by atoms with Gasteiger partial charge in [0.1, 0.15) is 11.5 Å². The molecule has 0 saturated heterocycles. The van der Waals surface area contributed by atoms with Crippen molar-refractivity contribution in [1.29, 1.82) is 0 Å². The van der Waals surface area contributed by atoms with E-state index < -0.39 is 0 Å². The quantitative estimate of drug-likeness (QED) is 0.804. The van der Waals surface area contributed by atoms with Gasteiger partial charge in [-0.3, -0.25) is 0 Å². The van der Waals surface area contributed by atoms with Gasteiger partial charge in [-0.25, -0.2) is 4.98 Å². The van der Waals surface area contributed by atoms with Crippen LogP contribution in [0.5, 0.6) is 11.5 Å². The highest BCUT2D eigenvalue weighted by molar-refractivity contribution is 5.63. The van der Waals surface area contributed by atoms with Gasteiger partial charge in [-0.05, 0) is 5.18 Å². The van der Waals surface area contributed by atoms with Gasteiger partial charge in [0, 0.05) is 23.9 Å². The molecule has 0 amide bonds. The summed E-state index contributed by atoms with van der Waals surface area (Å²) < 4.78 is 10.3. The van der Waals surface area contributed by atoms with Crippen LogP contribution in [0.4, 0.5) is 23.1 Å². The van der Waals surface area contributed by atoms with E-state index in [2.05, 4.69) is 20.5 Å². The van der Waals surface area contributed by atoms with Gasteiger partial charge < -0.3 is 20.5 Å². The second kappa shape index (κ2) is 5.83. The summed E-state index contributed by atoms with van der Waals surface area (Å²) in [4.78, 5) is 18.3. The molecule has 0 fully saturated rings. The molecule has 2 rings (SSSR count). The Hall–Kier alpha value is -2.90. The number of benzene rings is 1. The summed E-state index contributed by atoms with van der Waals surface area (Å²) in [6.07, 6.45) is 1.25. The number of nitrogens with zero attached hydrogens (tertiary/aromatic N) is 3. The van der Waals surface area contributed by atoms with Gasteiger partial charge in [0.25, 0.3) is 0 Å². The lowest BCUT2D eigenvalue weighted by Gasteiger charge is -2.10. The average Bonchev–Trinajstić information content (AvgIpc) is 2.47. The smallest absolute Gasteiger partial charge is 0.229 e. The Morgan fingerprint density at radius 1 is 1.20 bits per heavy atom. The van der Waals surface area contributed by atoms with Crippen molar-refractivity contribution in [2.45, 2.75) is 0 Å². The van der Waals surface area contributed by atoms with Gasteiger partial charge in [-0.2, -0.15) is 4.98 Å². The van der Waals surface area contributed by atoms with Gasteiger partial charge in [0.05, 0.1) is 20.4 Å². The normalized spacial score (nSPS) is 9.90. The Kier molecular flexibility index (Phi) is 3.94. The van der Waals surface area contributed by atoms with Crippen LogP contribution in [0.1, 0.15) is 0 Å². The van der Waals surface area contributed by atoms with Crippen molar-refractivity contribution in [3.8, 4) is 11.5 Å². The van der Waals surface area contributed by atoms with E-state index in [1.165, 1.54) is 6.20 Å². The Bertz CT molecular complexity index is 610. The van der Waals surface area contributed by atoms with Crippen molar-refractivity contribution < 1.29 is 9.47 Å². The summed E-state index contributed by atoms with van der Waals surface area (Å²) in [5, 5.41) is 5.64. The number of rotatable bonds is 5. The molecule has 8 heteroatoms. The number of nitrogens with one attached hydrogen (secondary N) is 1. The van der Waals surface area contributed by atoms with Gasteiger partial charge in [0.2, 0.25) is 5.95 Å². The molecule has 2 aromatic rings. The van der Waals surface area contributed by atoms with E-state index in [0.717, 1.165) is 0 Å². The van der Waals surface area contributed by atoms with Gasteiger partial charge in [-0.15, -0.1) is 4.91 Å². The lowest BCUT2D eigenvalue weighted by molar-refractivity contribution is 0.395. The van der Waals surface area contributed by atoms with Crippen LogP contribution in [-0.2, 0) is 0 Å². The zero-order valence-corrected chi connectivity index (χ0v) is 11.0. The summed E-state index contributed by atoms with van der Waals surface area (Å²) in [5.41, 5.74) is 6.22. The minimum Gasteiger partial charge on any atom is -0.497 e. The molecule has 8 nitrogen and oxygen atoms in total. The SMILES string of the molecule is COc1cc(Nc2ncc(N=O)c(N)n2)cc(OC)c1. The van der Waals surface area contributed by atoms with Crippen molar-refractivity contribution in [3.63, 3.8) is 0 Å². The number of nitrogen functional groups attached to an aromatic ring is 1. The van der Waals surface area contributed by atoms with Crippen LogP contribution < -0.4 is 20.5 Å². The lowest BCUT2D eigenvalue weighted by atomic mass is 10.3. The molecular formula is C12H13N5O3. The van der Waals surface area contributed by atoms with Crippen LogP contribution in [0.25, 0.3) is 0 Å². The fourth-order valence-corrected chi connectivity index (χ4v) is 1.53. The maximum absolute atomic E-state index is 10.4. The predicted molar refractivity (Wildman–Crippen MR) is 74.7 cm³/mol. The zero-order valence-electron chi connectivity index (χ0n) is 11.0. The molecule has 0 bridgehead atoms. The van der Waals surface area contributed by atoms with E-state index in [1.54, 1.807) is 32.4 Å². The van der Waals surface area contributed by atoms with Gasteiger partial charge >= 0.3 is 0 Å². The number of aromatic nitrogens is 2. The Labute approximate surface area is 114 Å². The molecule has 20 heavy (non-hydrogen) atoms. The first kappa shape index (κ1) is 13.5. The topological polar surface area (TPSA) is 112 Å². The summed E-state index contributed by atoms with van der Waals surface area (Å²) in [5.74, 6) is 1.48. The maximum Gasteiger partial charge on any atom is 0.229 e. The number of hydrogen-bond donors (Lipinski definition) is 2. The van der Waals surface area contributed by atoms with Gasteiger partial charge in [0.15, 0.2) is 11.5 Å². The first-order valence-electron chi connectivity index (χ1n) is 5.62. The molecule has 0 aliphatic heterocycles. The first-order valence-corrected chi connectivity index (χ1v) is 5.62. The monoisotopic (exact) mass is 275 g/mol. The van der Waals surface area contributed by atoms with Crippen LogP contribution in [0.2, 0.25) is 0 Å². The van der Waals surface area contributed by atoms with E-state index >= 15 is 0 Å². The molecule has 0 atom stereocenters. The Morgan fingerprint density at radius 3 is 2.35 bits per heavy atom. The molecule has 1 heterocycles. The summed E-state index contributed by atoms with van der Waals surface area (Å²) in [7, 11) is 3.11. The largest absolute Gasteiger partial charge is 0.497 e. The summed E-state index contributed by atoms with van der Waals surface area (Å²) >= 11 is 0. The van der Waals surface area contributed by atoms with Crippen molar-refractivity contribution in [2.24, 2.45) is 5.18 Å². The number of nitroso groups, excluding NO2 is 1. The number of hydrogen-bond acceptors (Lipinski definition) is 8. The zero-order chi connectivity index (χ0) is 14.5. The van der Waals surface area contributed by atoms with E-state index in [1.807, 2.05) is 0 Å². The molecule has 1 aromatic heterocycles. The van der Waals surface area contributed by atoms with Crippen LogP contribution in [0.15, 0.2) is 29.6 Å². The molecule has 1 aromatic carbocycles. The first-order chi connectivity index (χ1) is 9.66. The van der Waals surface area contributed by atoms with Crippen molar-refractivity contribution >= 4 is 23.1 Å². The second-order valence-electron chi connectivity index (χ2n) is 3.78. The average molecular weight is 275 g/mol.